The molecule has 11 heteroatoms. The second-order valence-electron chi connectivity index (χ2n) is 3.82. The Labute approximate surface area is 118 Å². The summed E-state index contributed by atoms with van der Waals surface area (Å²) in [7, 11) is -2.37. The van der Waals surface area contributed by atoms with Gasteiger partial charge < -0.3 is 5.32 Å². The number of rotatable bonds is 6. The number of amides is 1. The van der Waals surface area contributed by atoms with Gasteiger partial charge in [-0.15, -0.1) is 0 Å². The standard InChI is InChI=1S/C10H11F2N3O5S/c1-13-21(19,20)3-2-14-10(16)6-4-8(12)9(15(17)18)5-7(6)11/h4-5,13H,2-3H2,1H3,(H,14,16). The van der Waals surface area contributed by atoms with E-state index in [0.717, 1.165) is 0 Å². The van der Waals surface area contributed by atoms with Gasteiger partial charge in [0.2, 0.25) is 15.8 Å². The first-order valence-electron chi connectivity index (χ1n) is 5.51. The summed E-state index contributed by atoms with van der Waals surface area (Å²) in [5.41, 5.74) is -1.85. The van der Waals surface area contributed by atoms with Crippen LogP contribution < -0.4 is 10.0 Å². The summed E-state index contributed by atoms with van der Waals surface area (Å²) in [5, 5.41) is 12.5. The van der Waals surface area contributed by atoms with Gasteiger partial charge in [-0.2, -0.15) is 4.39 Å². The summed E-state index contributed by atoms with van der Waals surface area (Å²) in [4.78, 5) is 20.8. The molecule has 0 saturated carbocycles. The van der Waals surface area contributed by atoms with Crippen LogP contribution in [-0.4, -0.2) is 38.6 Å². The summed E-state index contributed by atoms with van der Waals surface area (Å²) in [5.74, 6) is -4.18. The number of halogens is 2. The van der Waals surface area contributed by atoms with E-state index in [1.807, 2.05) is 4.72 Å². The molecule has 0 saturated heterocycles. The van der Waals surface area contributed by atoms with Crippen LogP contribution in [-0.2, 0) is 10.0 Å². The van der Waals surface area contributed by atoms with Gasteiger partial charge in [-0.05, 0) is 13.1 Å². The smallest absolute Gasteiger partial charge is 0.307 e. The molecule has 1 amide bonds. The summed E-state index contributed by atoms with van der Waals surface area (Å²) >= 11 is 0. The van der Waals surface area contributed by atoms with Crippen LogP contribution in [0, 0.1) is 21.7 Å². The van der Waals surface area contributed by atoms with Crippen LogP contribution in [0.3, 0.4) is 0 Å². The van der Waals surface area contributed by atoms with Crippen molar-refractivity contribution in [1.82, 2.24) is 10.0 Å². The molecule has 1 aromatic carbocycles. The molecule has 0 aliphatic carbocycles. The Kier molecular flexibility index (Phi) is 5.27. The number of hydrogen-bond donors (Lipinski definition) is 2. The number of sulfonamides is 1. The van der Waals surface area contributed by atoms with Crippen molar-refractivity contribution in [3.63, 3.8) is 0 Å². The Bertz CT molecular complexity index is 678. The lowest BCUT2D eigenvalue weighted by atomic mass is 10.1. The van der Waals surface area contributed by atoms with Gasteiger partial charge in [0.05, 0.1) is 22.3 Å². The third-order valence-electron chi connectivity index (χ3n) is 2.45. The predicted octanol–water partition coefficient (Wildman–Crippen LogP) is 0.152. The van der Waals surface area contributed by atoms with E-state index in [9.17, 15) is 32.1 Å². The highest BCUT2D eigenvalue weighted by Gasteiger charge is 2.22. The van der Waals surface area contributed by atoms with Crippen LogP contribution >= 0.6 is 0 Å². The topological polar surface area (TPSA) is 118 Å². The molecule has 8 nitrogen and oxygen atoms in total. The highest BCUT2D eigenvalue weighted by Crippen LogP contribution is 2.21. The van der Waals surface area contributed by atoms with Crippen LogP contribution in [0.4, 0.5) is 14.5 Å². The third kappa shape index (κ3) is 4.43. The van der Waals surface area contributed by atoms with E-state index in [1.54, 1.807) is 0 Å². The molecule has 0 unspecified atom stereocenters. The SMILES string of the molecule is CNS(=O)(=O)CCNC(=O)c1cc(F)c([N+](=O)[O-])cc1F. The number of carbonyl (C=O) groups is 1. The van der Waals surface area contributed by atoms with Crippen LogP contribution in [0.25, 0.3) is 0 Å². The molecule has 1 rings (SSSR count). The average molecular weight is 323 g/mol. The second kappa shape index (κ2) is 6.54. The number of nitrogens with one attached hydrogen (secondary N) is 2. The molecule has 21 heavy (non-hydrogen) atoms. The Morgan fingerprint density at radius 1 is 1.33 bits per heavy atom. The van der Waals surface area contributed by atoms with Crippen molar-refractivity contribution in [3.05, 3.63) is 39.4 Å². The van der Waals surface area contributed by atoms with Gasteiger partial charge in [-0.1, -0.05) is 0 Å². The molecule has 0 spiro atoms. The summed E-state index contributed by atoms with van der Waals surface area (Å²) in [6.45, 7) is -0.333. The van der Waals surface area contributed by atoms with Crippen LogP contribution in [0.15, 0.2) is 12.1 Å². The molecule has 0 atom stereocenters. The largest absolute Gasteiger partial charge is 0.351 e. The monoisotopic (exact) mass is 323 g/mol. The Hall–Kier alpha value is -2.14. The van der Waals surface area contributed by atoms with E-state index in [0.29, 0.717) is 6.07 Å². The highest BCUT2D eigenvalue weighted by atomic mass is 32.2. The summed E-state index contributed by atoms with van der Waals surface area (Å²) in [6, 6.07) is 0.671. The first-order valence-corrected chi connectivity index (χ1v) is 7.16. The quantitative estimate of drug-likeness (QED) is 0.571. The first kappa shape index (κ1) is 16.9. The Morgan fingerprint density at radius 3 is 2.48 bits per heavy atom. The first-order chi connectivity index (χ1) is 9.68. The predicted molar refractivity (Wildman–Crippen MR) is 68.2 cm³/mol. The lowest BCUT2D eigenvalue weighted by Gasteiger charge is -2.07. The molecule has 0 aromatic heterocycles. The number of hydrogen-bond acceptors (Lipinski definition) is 5. The van der Waals surface area contributed by atoms with Gasteiger partial charge in [-0.25, -0.2) is 17.5 Å². The average Bonchev–Trinajstić information content (AvgIpc) is 2.40. The summed E-state index contributed by atoms with van der Waals surface area (Å²) < 4.78 is 51.0. The zero-order valence-corrected chi connectivity index (χ0v) is 11.5. The zero-order chi connectivity index (χ0) is 16.2. The van der Waals surface area contributed by atoms with Gasteiger partial charge in [0.1, 0.15) is 5.82 Å². The molecular formula is C10H11F2N3O5S. The highest BCUT2D eigenvalue weighted by molar-refractivity contribution is 7.89. The van der Waals surface area contributed by atoms with Gasteiger partial charge in [0.15, 0.2) is 0 Å². The minimum atomic E-state index is -3.56. The molecule has 116 valence electrons. The van der Waals surface area contributed by atoms with E-state index < -0.39 is 49.5 Å². The fraction of sp³-hybridized carbons (Fsp3) is 0.300. The minimum absolute atomic E-state index is 0.286. The van der Waals surface area contributed by atoms with Crippen molar-refractivity contribution in [2.24, 2.45) is 0 Å². The van der Waals surface area contributed by atoms with E-state index in [4.69, 9.17) is 0 Å². The van der Waals surface area contributed by atoms with Crippen LogP contribution in [0.2, 0.25) is 0 Å². The maximum Gasteiger partial charge on any atom is 0.307 e. The van der Waals surface area contributed by atoms with Crippen molar-refractivity contribution in [2.75, 3.05) is 19.3 Å². The van der Waals surface area contributed by atoms with Crippen LogP contribution in [0.1, 0.15) is 10.4 Å². The molecule has 1 aromatic rings. The fourth-order valence-corrected chi connectivity index (χ4v) is 1.92. The molecule has 0 fully saturated rings. The number of nitro groups is 1. The lowest BCUT2D eigenvalue weighted by molar-refractivity contribution is -0.387. The van der Waals surface area contributed by atoms with Gasteiger partial charge in [0.25, 0.3) is 5.91 Å². The van der Waals surface area contributed by atoms with Crippen molar-refractivity contribution < 1.29 is 26.9 Å². The van der Waals surface area contributed by atoms with Crippen molar-refractivity contribution >= 4 is 21.6 Å². The molecule has 0 aliphatic heterocycles. The molecule has 0 heterocycles. The molecule has 0 aliphatic rings. The fourth-order valence-electron chi connectivity index (χ4n) is 1.35. The van der Waals surface area contributed by atoms with Crippen molar-refractivity contribution in [3.8, 4) is 0 Å². The molecule has 0 bridgehead atoms. The molecule has 0 radical (unpaired) electrons. The third-order valence-corrected chi connectivity index (χ3v) is 3.81. The normalized spacial score (nSPS) is 11.2. The maximum absolute atomic E-state index is 13.5. The van der Waals surface area contributed by atoms with Crippen molar-refractivity contribution in [2.45, 2.75) is 0 Å². The van der Waals surface area contributed by atoms with E-state index in [2.05, 4.69) is 5.32 Å². The molecule has 2 N–H and O–H groups in total. The van der Waals surface area contributed by atoms with Gasteiger partial charge in [-0.3, -0.25) is 14.9 Å². The van der Waals surface area contributed by atoms with Gasteiger partial charge >= 0.3 is 5.69 Å². The number of nitro benzene ring substituents is 1. The van der Waals surface area contributed by atoms with E-state index in [-0.39, 0.29) is 12.6 Å². The summed E-state index contributed by atoms with van der Waals surface area (Å²) in [6.07, 6.45) is 0. The van der Waals surface area contributed by atoms with Gasteiger partial charge in [0, 0.05) is 6.54 Å². The maximum atomic E-state index is 13.5. The Balaban J connectivity index is 2.84. The van der Waals surface area contributed by atoms with E-state index >= 15 is 0 Å². The minimum Gasteiger partial charge on any atom is -0.351 e. The molecular weight excluding hydrogens is 312 g/mol. The Morgan fingerprint density at radius 2 is 1.95 bits per heavy atom. The number of benzene rings is 1. The van der Waals surface area contributed by atoms with E-state index in [1.165, 1.54) is 7.05 Å². The number of nitrogens with zero attached hydrogens (tertiary/aromatic N) is 1. The lowest BCUT2D eigenvalue weighted by Crippen LogP contribution is -2.33. The van der Waals surface area contributed by atoms with Crippen LogP contribution in [0.5, 0.6) is 0 Å². The number of carbonyl (C=O) groups excluding carboxylic acids is 1. The zero-order valence-electron chi connectivity index (χ0n) is 10.7. The van der Waals surface area contributed by atoms with Crippen molar-refractivity contribution in [1.29, 1.82) is 0 Å². The second-order valence-corrected chi connectivity index (χ2v) is 5.87.